The zero-order valence-electron chi connectivity index (χ0n) is 16.7. The number of likely N-dealkylation sites (tertiary alicyclic amines) is 1. The molecule has 1 unspecified atom stereocenters. The van der Waals surface area contributed by atoms with Crippen molar-refractivity contribution in [1.29, 1.82) is 0 Å². The van der Waals surface area contributed by atoms with E-state index in [4.69, 9.17) is 0 Å². The molecule has 3 rings (SSSR count). The molecule has 1 saturated heterocycles. The highest BCUT2D eigenvalue weighted by Crippen LogP contribution is 2.21. The minimum absolute atomic E-state index is 0.0480. The molecule has 2 aromatic carbocycles. The molecular weight excluding hydrogens is 350 g/mol. The molecule has 0 bridgehead atoms. The first kappa shape index (κ1) is 19.9. The van der Waals surface area contributed by atoms with Crippen LogP contribution in [0.5, 0.6) is 0 Å². The van der Waals surface area contributed by atoms with Gasteiger partial charge < -0.3 is 15.1 Å². The summed E-state index contributed by atoms with van der Waals surface area (Å²) in [6.45, 7) is 4.54. The summed E-state index contributed by atoms with van der Waals surface area (Å²) in [7, 11) is 1.84. The molecule has 0 spiro atoms. The topological polar surface area (TPSA) is 52.7 Å². The fraction of sp³-hybridized carbons (Fsp3) is 0.391. The minimum Gasteiger partial charge on any atom is -0.341 e. The lowest BCUT2D eigenvalue weighted by molar-refractivity contribution is -0.131. The molecule has 2 aromatic rings. The maximum absolute atomic E-state index is 12.5. The molecule has 5 nitrogen and oxygen atoms in total. The monoisotopic (exact) mass is 379 g/mol. The van der Waals surface area contributed by atoms with Crippen LogP contribution in [0.1, 0.15) is 29.5 Å². The van der Waals surface area contributed by atoms with Gasteiger partial charge in [0.15, 0.2) is 0 Å². The molecule has 148 valence electrons. The lowest BCUT2D eigenvalue weighted by Crippen LogP contribution is -2.38. The predicted octanol–water partition coefficient (Wildman–Crippen LogP) is 3.58. The highest BCUT2D eigenvalue weighted by atomic mass is 16.2. The number of benzene rings is 2. The normalized spacial score (nSPS) is 16.1. The van der Waals surface area contributed by atoms with Gasteiger partial charge in [-0.15, -0.1) is 0 Å². The van der Waals surface area contributed by atoms with E-state index in [-0.39, 0.29) is 17.9 Å². The summed E-state index contributed by atoms with van der Waals surface area (Å²) >= 11 is 0. The van der Waals surface area contributed by atoms with Crippen molar-refractivity contribution in [2.45, 2.75) is 32.9 Å². The number of urea groups is 1. The molecule has 3 amide bonds. The Morgan fingerprint density at radius 1 is 1.07 bits per heavy atom. The maximum atomic E-state index is 12.5. The van der Waals surface area contributed by atoms with Crippen molar-refractivity contribution in [2.75, 3.05) is 20.1 Å². The highest BCUT2D eigenvalue weighted by molar-refractivity contribution is 5.77. The third-order valence-corrected chi connectivity index (χ3v) is 5.29. The second-order valence-corrected chi connectivity index (χ2v) is 7.68. The number of nitrogens with one attached hydrogen (secondary N) is 1. The van der Waals surface area contributed by atoms with Crippen molar-refractivity contribution in [3.8, 4) is 0 Å². The van der Waals surface area contributed by atoms with Crippen molar-refractivity contribution >= 4 is 11.9 Å². The van der Waals surface area contributed by atoms with E-state index in [1.165, 1.54) is 5.56 Å². The van der Waals surface area contributed by atoms with Crippen LogP contribution in [0, 0.1) is 12.8 Å². The molecule has 1 aliphatic heterocycles. The summed E-state index contributed by atoms with van der Waals surface area (Å²) in [6, 6.07) is 18.1. The Bertz CT molecular complexity index is 789. The number of hydrogen-bond donors (Lipinski definition) is 1. The van der Waals surface area contributed by atoms with Crippen LogP contribution in [0.25, 0.3) is 0 Å². The number of aryl methyl sites for hydroxylation is 1. The van der Waals surface area contributed by atoms with Crippen LogP contribution in [0.15, 0.2) is 54.6 Å². The molecule has 1 aliphatic rings. The van der Waals surface area contributed by atoms with E-state index in [9.17, 15) is 9.59 Å². The molecule has 1 fully saturated rings. The Morgan fingerprint density at radius 3 is 2.50 bits per heavy atom. The molecular formula is C23H29N3O2. The summed E-state index contributed by atoms with van der Waals surface area (Å²) in [5, 5.41) is 2.98. The first-order chi connectivity index (χ1) is 13.5. The van der Waals surface area contributed by atoms with Gasteiger partial charge in [-0.3, -0.25) is 4.79 Å². The second-order valence-electron chi connectivity index (χ2n) is 7.68. The molecule has 1 atom stereocenters. The van der Waals surface area contributed by atoms with Crippen molar-refractivity contribution in [1.82, 2.24) is 15.1 Å². The Labute approximate surface area is 167 Å². The Balaban J connectivity index is 1.42. The van der Waals surface area contributed by atoms with Crippen LogP contribution in [0.4, 0.5) is 4.79 Å². The standard InChI is InChI=1S/C23H29N3O2/c1-18-8-10-19(11-9-18)15-24-23(28)26-13-12-21(17-26)14-22(27)25(2)16-20-6-4-3-5-7-20/h3-11,21H,12-17H2,1-2H3,(H,24,28). The molecule has 28 heavy (non-hydrogen) atoms. The van der Waals surface area contributed by atoms with Crippen molar-refractivity contribution in [3.63, 3.8) is 0 Å². The van der Waals surface area contributed by atoms with Crippen LogP contribution in [0.2, 0.25) is 0 Å². The fourth-order valence-electron chi connectivity index (χ4n) is 3.53. The molecule has 5 heteroatoms. The molecule has 0 aromatic heterocycles. The average Bonchev–Trinajstić information content (AvgIpc) is 3.16. The smallest absolute Gasteiger partial charge is 0.317 e. The minimum atomic E-state index is -0.0480. The first-order valence-electron chi connectivity index (χ1n) is 9.87. The molecule has 0 aliphatic carbocycles. The van der Waals surface area contributed by atoms with Crippen LogP contribution in [-0.4, -0.2) is 41.9 Å². The van der Waals surface area contributed by atoms with Gasteiger partial charge >= 0.3 is 6.03 Å². The number of hydrogen-bond acceptors (Lipinski definition) is 2. The second kappa shape index (κ2) is 9.40. The van der Waals surface area contributed by atoms with Gasteiger partial charge in [-0.25, -0.2) is 4.79 Å². The van der Waals surface area contributed by atoms with Crippen LogP contribution >= 0.6 is 0 Å². The predicted molar refractivity (Wildman–Crippen MR) is 111 cm³/mol. The fourth-order valence-corrected chi connectivity index (χ4v) is 3.53. The summed E-state index contributed by atoms with van der Waals surface area (Å²) in [6.07, 6.45) is 1.37. The van der Waals surface area contributed by atoms with Crippen molar-refractivity contribution in [3.05, 3.63) is 71.3 Å². The van der Waals surface area contributed by atoms with E-state index in [1.54, 1.807) is 4.90 Å². The summed E-state index contributed by atoms with van der Waals surface area (Å²) < 4.78 is 0. The zero-order chi connectivity index (χ0) is 19.9. The molecule has 0 radical (unpaired) electrons. The third-order valence-electron chi connectivity index (χ3n) is 5.29. The van der Waals surface area contributed by atoms with Gasteiger partial charge in [0.25, 0.3) is 0 Å². The Morgan fingerprint density at radius 2 is 1.79 bits per heavy atom. The average molecular weight is 380 g/mol. The first-order valence-corrected chi connectivity index (χ1v) is 9.87. The lowest BCUT2D eigenvalue weighted by Gasteiger charge is -2.20. The van der Waals surface area contributed by atoms with Crippen molar-refractivity contribution in [2.24, 2.45) is 5.92 Å². The Hall–Kier alpha value is -2.82. The van der Waals surface area contributed by atoms with E-state index < -0.39 is 0 Å². The third kappa shape index (κ3) is 5.59. The number of amides is 3. The number of carbonyl (C=O) groups is 2. The number of rotatable bonds is 6. The van der Waals surface area contributed by atoms with E-state index in [0.717, 1.165) is 17.5 Å². The Kier molecular flexibility index (Phi) is 6.69. The molecule has 0 saturated carbocycles. The van der Waals surface area contributed by atoms with E-state index in [0.29, 0.717) is 32.6 Å². The summed E-state index contributed by atoms with van der Waals surface area (Å²) in [5.41, 5.74) is 3.42. The molecule has 1 heterocycles. The van der Waals surface area contributed by atoms with Gasteiger partial charge in [0, 0.05) is 39.6 Å². The molecule has 1 N–H and O–H groups in total. The van der Waals surface area contributed by atoms with Gasteiger partial charge in [0.05, 0.1) is 0 Å². The van der Waals surface area contributed by atoms with Gasteiger partial charge in [0.1, 0.15) is 0 Å². The zero-order valence-corrected chi connectivity index (χ0v) is 16.7. The lowest BCUT2D eigenvalue weighted by atomic mass is 10.0. The van der Waals surface area contributed by atoms with Crippen LogP contribution in [0.3, 0.4) is 0 Å². The van der Waals surface area contributed by atoms with Gasteiger partial charge in [0.2, 0.25) is 5.91 Å². The van der Waals surface area contributed by atoms with Gasteiger partial charge in [-0.05, 0) is 30.4 Å². The van der Waals surface area contributed by atoms with Gasteiger partial charge in [-0.2, -0.15) is 0 Å². The number of nitrogens with zero attached hydrogens (tertiary/aromatic N) is 2. The quantitative estimate of drug-likeness (QED) is 0.834. The highest BCUT2D eigenvalue weighted by Gasteiger charge is 2.28. The maximum Gasteiger partial charge on any atom is 0.317 e. The largest absolute Gasteiger partial charge is 0.341 e. The van der Waals surface area contributed by atoms with Gasteiger partial charge in [-0.1, -0.05) is 60.2 Å². The van der Waals surface area contributed by atoms with E-state index in [2.05, 4.69) is 5.32 Å². The summed E-state index contributed by atoms with van der Waals surface area (Å²) in [4.78, 5) is 28.5. The SMILES string of the molecule is Cc1ccc(CNC(=O)N2CCC(CC(=O)N(C)Cc3ccccc3)C2)cc1. The van der Waals surface area contributed by atoms with Crippen LogP contribution in [-0.2, 0) is 17.9 Å². The van der Waals surface area contributed by atoms with E-state index in [1.807, 2.05) is 73.5 Å². The summed E-state index contributed by atoms with van der Waals surface area (Å²) in [5.74, 6) is 0.367. The van der Waals surface area contributed by atoms with Crippen molar-refractivity contribution < 1.29 is 9.59 Å². The van der Waals surface area contributed by atoms with E-state index >= 15 is 0 Å². The van der Waals surface area contributed by atoms with Crippen LogP contribution < -0.4 is 5.32 Å². The number of carbonyl (C=O) groups excluding carboxylic acids is 2.